The fourth-order valence-electron chi connectivity index (χ4n) is 4.71. The van der Waals surface area contributed by atoms with Gasteiger partial charge in [-0.25, -0.2) is 0 Å². The molecule has 2 unspecified atom stereocenters. The Labute approximate surface area is 239 Å². The van der Waals surface area contributed by atoms with Crippen molar-refractivity contribution in [2.75, 3.05) is 47.7 Å². The van der Waals surface area contributed by atoms with Crippen LogP contribution in [0.5, 0.6) is 0 Å². The molecular weight excluding hydrogens is 577 g/mol. The molecule has 228 valence electrons. The van der Waals surface area contributed by atoms with Gasteiger partial charge in [0.25, 0.3) is 0 Å². The molecule has 0 spiro atoms. The zero-order valence-electron chi connectivity index (χ0n) is 22.6. The van der Waals surface area contributed by atoms with Crippen molar-refractivity contribution >= 4 is 41.8 Å². The third kappa shape index (κ3) is 10.3. The van der Waals surface area contributed by atoms with E-state index in [0.29, 0.717) is 37.5 Å². The summed E-state index contributed by atoms with van der Waals surface area (Å²) in [6.07, 6.45) is -3.90. The smallest absolute Gasteiger partial charge is 0.324 e. The number of nitrogens with one attached hydrogen (secondary N) is 3. The summed E-state index contributed by atoms with van der Waals surface area (Å²) in [5.74, 6) is -0.517. The summed E-state index contributed by atoms with van der Waals surface area (Å²) in [7, 11) is 4.42. The molecule has 0 aromatic rings. The molecule has 1 saturated heterocycles. The Balaban J connectivity index is 1.79. The minimum Gasteiger partial charge on any atom is -0.394 e. The average molecular weight is 620 g/mol. The van der Waals surface area contributed by atoms with Crippen molar-refractivity contribution in [2.45, 2.75) is 75.1 Å². The molecule has 7 N–H and O–H groups in total. The fraction of sp³-hybridized carbons (Fsp3) is 0.909. The molecule has 1 saturated carbocycles. The highest BCUT2D eigenvalue weighted by Gasteiger charge is 2.47. The van der Waals surface area contributed by atoms with Crippen LogP contribution in [-0.2, 0) is 44.6 Å². The molecule has 0 radical (unpaired) electrons. The van der Waals surface area contributed by atoms with Crippen LogP contribution >= 0.6 is 18.9 Å². The lowest BCUT2D eigenvalue weighted by Gasteiger charge is -2.42. The van der Waals surface area contributed by atoms with Gasteiger partial charge >= 0.3 is 6.72 Å². The lowest BCUT2D eigenvalue weighted by atomic mass is 9.97. The molecular formula is C22H42N3O11PS2. The van der Waals surface area contributed by atoms with Gasteiger partial charge in [0.1, 0.15) is 36.6 Å². The minimum absolute atomic E-state index is 0.101. The highest BCUT2D eigenvalue weighted by molar-refractivity contribution is 8.07. The molecule has 1 aliphatic carbocycles. The zero-order valence-corrected chi connectivity index (χ0v) is 25.1. The Morgan fingerprint density at radius 3 is 2.44 bits per heavy atom. The van der Waals surface area contributed by atoms with Crippen LogP contribution in [0.3, 0.4) is 0 Å². The van der Waals surface area contributed by atoms with Crippen LogP contribution in [0, 0.1) is 5.92 Å². The van der Waals surface area contributed by atoms with Gasteiger partial charge in [-0.05, 0) is 43.3 Å². The summed E-state index contributed by atoms with van der Waals surface area (Å²) in [4.78, 5) is 21.7. The van der Waals surface area contributed by atoms with Gasteiger partial charge in [-0.2, -0.15) is 0 Å². The van der Waals surface area contributed by atoms with E-state index in [1.807, 2.05) is 0 Å². The Morgan fingerprint density at radius 2 is 1.85 bits per heavy atom. The third-order valence-corrected chi connectivity index (χ3v) is 8.53. The van der Waals surface area contributed by atoms with Gasteiger partial charge in [0.15, 0.2) is 11.4 Å². The van der Waals surface area contributed by atoms with E-state index in [1.54, 1.807) is 14.2 Å². The minimum atomic E-state index is -3.42. The molecule has 0 aromatic carbocycles. The monoisotopic (exact) mass is 619 g/mol. The predicted octanol–water partition coefficient (Wildman–Crippen LogP) is -1.51. The van der Waals surface area contributed by atoms with Crippen molar-refractivity contribution in [2.24, 2.45) is 5.92 Å². The number of amides is 1. The molecule has 17 heteroatoms. The number of rotatable bonds is 15. The molecule has 0 aromatic heterocycles. The number of carbonyl (C=O) groups is 1. The molecule has 14 nitrogen and oxygen atoms in total. The fourth-order valence-corrected chi connectivity index (χ4v) is 5.95. The van der Waals surface area contributed by atoms with Crippen molar-refractivity contribution < 1.29 is 53.0 Å². The Kier molecular flexibility index (Phi) is 14.9. The van der Waals surface area contributed by atoms with Crippen LogP contribution < -0.4 is 16.0 Å². The van der Waals surface area contributed by atoms with E-state index in [0.717, 1.165) is 0 Å². The normalized spacial score (nSPS) is 34.3. The Morgan fingerprint density at radius 1 is 1.13 bits per heavy atom. The van der Waals surface area contributed by atoms with E-state index < -0.39 is 62.1 Å². The maximum absolute atomic E-state index is 11.5. The van der Waals surface area contributed by atoms with Crippen molar-refractivity contribution in [1.29, 1.82) is 0 Å². The molecule has 10 atom stereocenters. The molecule has 1 aliphatic heterocycles. The second-order valence-electron chi connectivity index (χ2n) is 9.39. The number of aliphatic hydroxyl groups is 3. The molecule has 2 rings (SSSR count). The van der Waals surface area contributed by atoms with Gasteiger partial charge in [0.05, 0.1) is 19.3 Å². The number of methoxy groups -OCH3 is 2. The summed E-state index contributed by atoms with van der Waals surface area (Å²) in [5, 5.41) is 39.1. The number of carbonyl (C=O) groups excluding carboxylic acids is 1. The molecule has 1 heterocycles. The number of hydrogen-bond donors (Lipinski definition) is 7. The zero-order chi connectivity index (χ0) is 29.2. The summed E-state index contributed by atoms with van der Waals surface area (Å²) < 4.78 is 32.9. The Hall–Kier alpha value is -0.590. The number of aliphatic hydroxyl groups excluding tert-OH is 3. The first-order valence-electron chi connectivity index (χ1n) is 12.6. The van der Waals surface area contributed by atoms with E-state index in [9.17, 15) is 25.0 Å². The summed E-state index contributed by atoms with van der Waals surface area (Å²) in [5.41, 5.74) is 0. The molecule has 1 amide bonds. The van der Waals surface area contributed by atoms with E-state index in [4.69, 9.17) is 52.0 Å². The van der Waals surface area contributed by atoms with Crippen molar-refractivity contribution in [3.05, 3.63) is 0 Å². The maximum Gasteiger partial charge on any atom is 0.324 e. The van der Waals surface area contributed by atoms with Gasteiger partial charge in [-0.1, -0.05) is 0 Å². The number of hydrogen-bond acceptors (Lipinski definition) is 12. The van der Waals surface area contributed by atoms with E-state index in [1.165, 1.54) is 14.0 Å². The number of thiocarbonyl (C=S) groups is 1. The molecule has 0 bridgehead atoms. The van der Waals surface area contributed by atoms with E-state index >= 15 is 0 Å². The van der Waals surface area contributed by atoms with Crippen LogP contribution in [-0.4, -0.2) is 128 Å². The van der Waals surface area contributed by atoms with Crippen molar-refractivity contribution in [3.63, 3.8) is 0 Å². The SMILES string of the molecule is COC[C@H]1C[C@H](NC(=S)NCCCCO[C@@H]2O[C@H](CO)[C@H](O)[C@H](O)[C@H]2NC(C)=O)[C@@H](OC)C1OP(O)(=S)OC. The standard InChI is InChI=1S/C22H42N3O11PS2/c1-12(27)24-16-18(29)17(28)15(10-26)35-21(16)34-8-6-5-7-23-22(38)25-14-9-13(11-31-2)19(20(14)32-3)36-37(30,39)33-4/h13-21,26,28-29H,5-11H2,1-4H3,(H,24,27)(H,30,39)(H2,23,25,38)/t13-,14+,15-,16-,17+,18-,19?,20-,21-,37?/m1/s1. The number of ether oxygens (including phenoxy) is 4. The van der Waals surface area contributed by atoms with Crippen LogP contribution in [0.1, 0.15) is 26.2 Å². The molecule has 2 fully saturated rings. The van der Waals surface area contributed by atoms with E-state index in [-0.39, 0.29) is 18.6 Å². The van der Waals surface area contributed by atoms with Crippen molar-refractivity contribution in [3.8, 4) is 0 Å². The highest BCUT2D eigenvalue weighted by Crippen LogP contribution is 2.48. The quantitative estimate of drug-likeness (QED) is 0.0636. The van der Waals surface area contributed by atoms with Crippen LogP contribution in [0.2, 0.25) is 0 Å². The summed E-state index contributed by atoms with van der Waals surface area (Å²) in [6, 6.07) is -1.20. The maximum atomic E-state index is 11.5. The second kappa shape index (κ2) is 16.8. The van der Waals surface area contributed by atoms with Crippen LogP contribution in [0.25, 0.3) is 0 Å². The Bertz CT molecular complexity index is 832. The van der Waals surface area contributed by atoms with Gasteiger partial charge in [0.2, 0.25) is 5.91 Å². The largest absolute Gasteiger partial charge is 0.394 e. The summed E-state index contributed by atoms with van der Waals surface area (Å²) >= 11 is 10.5. The number of unbranched alkanes of at least 4 members (excludes halogenated alkanes) is 1. The topological polar surface area (TPSA) is 189 Å². The van der Waals surface area contributed by atoms with Gasteiger partial charge < -0.3 is 64.2 Å². The first kappa shape index (κ1) is 34.6. The van der Waals surface area contributed by atoms with Crippen LogP contribution in [0.4, 0.5) is 0 Å². The highest BCUT2D eigenvalue weighted by atomic mass is 32.5. The first-order valence-corrected chi connectivity index (χ1v) is 15.6. The predicted molar refractivity (Wildman–Crippen MR) is 147 cm³/mol. The van der Waals surface area contributed by atoms with E-state index in [2.05, 4.69) is 16.0 Å². The second-order valence-corrected chi connectivity index (χ2v) is 12.7. The summed E-state index contributed by atoms with van der Waals surface area (Å²) in [6.45, 7) is -1.50. The average Bonchev–Trinajstić information content (AvgIpc) is 3.19. The van der Waals surface area contributed by atoms with Gasteiger partial charge in [-0.15, -0.1) is 0 Å². The lowest BCUT2D eigenvalue weighted by molar-refractivity contribution is -0.270. The third-order valence-electron chi connectivity index (χ3n) is 6.59. The van der Waals surface area contributed by atoms with Gasteiger partial charge in [-0.3, -0.25) is 4.79 Å². The lowest BCUT2D eigenvalue weighted by Crippen LogP contribution is -2.64. The molecule has 2 aliphatic rings. The van der Waals surface area contributed by atoms with Gasteiger partial charge in [0, 0.05) is 47.3 Å². The van der Waals surface area contributed by atoms with Crippen molar-refractivity contribution in [1.82, 2.24) is 16.0 Å². The first-order chi connectivity index (χ1) is 18.5. The molecule has 39 heavy (non-hydrogen) atoms. The van der Waals surface area contributed by atoms with Crippen LogP contribution in [0.15, 0.2) is 0 Å².